The fourth-order valence-electron chi connectivity index (χ4n) is 3.38. The molecule has 4 rings (SSSR count). The van der Waals surface area contributed by atoms with E-state index in [4.69, 9.17) is 4.74 Å². The summed E-state index contributed by atoms with van der Waals surface area (Å²) in [4.78, 5) is 19.2. The van der Waals surface area contributed by atoms with E-state index in [-0.39, 0.29) is 18.1 Å². The van der Waals surface area contributed by atoms with E-state index in [0.29, 0.717) is 18.8 Å². The van der Waals surface area contributed by atoms with Crippen molar-refractivity contribution in [2.45, 2.75) is 19.1 Å². The third kappa shape index (κ3) is 3.26. The van der Waals surface area contributed by atoms with Gasteiger partial charge in [0.25, 0.3) is 5.91 Å². The van der Waals surface area contributed by atoms with Gasteiger partial charge < -0.3 is 9.64 Å². The molecule has 1 aromatic heterocycles. The summed E-state index contributed by atoms with van der Waals surface area (Å²) in [5.74, 6) is -0.0255. The van der Waals surface area contributed by atoms with E-state index in [0.717, 1.165) is 11.3 Å². The minimum absolute atomic E-state index is 0.0222. The van der Waals surface area contributed by atoms with Gasteiger partial charge in [0.05, 0.1) is 25.2 Å². The summed E-state index contributed by atoms with van der Waals surface area (Å²) >= 11 is 0. The number of carbonyl (C=O) groups is 1. The Hall–Kier alpha value is -2.92. The molecule has 2 atom stereocenters. The lowest BCUT2D eigenvalue weighted by Crippen LogP contribution is -2.46. The Morgan fingerprint density at radius 2 is 1.73 bits per heavy atom. The maximum atomic E-state index is 13.2. The van der Waals surface area contributed by atoms with Crippen molar-refractivity contribution in [2.24, 2.45) is 0 Å². The van der Waals surface area contributed by atoms with E-state index in [1.165, 1.54) is 0 Å². The zero-order valence-electron chi connectivity index (χ0n) is 14.7. The van der Waals surface area contributed by atoms with Crippen molar-refractivity contribution in [1.82, 2.24) is 14.5 Å². The number of benzene rings is 2. The van der Waals surface area contributed by atoms with Gasteiger partial charge >= 0.3 is 0 Å². The fraction of sp³-hybridized carbons (Fsp3) is 0.238. The lowest BCUT2D eigenvalue weighted by atomic mass is 10.1. The second-order valence-corrected chi connectivity index (χ2v) is 6.54. The fourth-order valence-corrected chi connectivity index (χ4v) is 3.38. The quantitative estimate of drug-likeness (QED) is 0.729. The highest BCUT2D eigenvalue weighted by atomic mass is 16.5. The van der Waals surface area contributed by atoms with Crippen molar-refractivity contribution < 1.29 is 9.53 Å². The van der Waals surface area contributed by atoms with Crippen molar-refractivity contribution >= 4 is 5.91 Å². The topological polar surface area (TPSA) is 47.4 Å². The molecule has 0 bridgehead atoms. The first-order chi connectivity index (χ1) is 12.7. The Bertz CT molecular complexity index is 877. The number of ether oxygens (including phenoxy) is 1. The molecule has 5 nitrogen and oxygen atoms in total. The maximum absolute atomic E-state index is 13.2. The van der Waals surface area contributed by atoms with Crippen molar-refractivity contribution in [1.29, 1.82) is 0 Å². The van der Waals surface area contributed by atoms with E-state index < -0.39 is 0 Å². The first kappa shape index (κ1) is 16.5. The molecule has 0 radical (unpaired) electrons. The summed E-state index contributed by atoms with van der Waals surface area (Å²) in [7, 11) is 0. The maximum Gasteiger partial charge on any atom is 0.272 e. The number of aromatic nitrogens is 2. The van der Waals surface area contributed by atoms with Gasteiger partial charge in [0.2, 0.25) is 0 Å². The number of imidazole rings is 1. The molecular formula is C21H21N3O2. The first-order valence-corrected chi connectivity index (χ1v) is 8.80. The third-order valence-electron chi connectivity index (χ3n) is 4.61. The SMILES string of the molecule is CC1CN(C(=O)c2cncn2-c2ccccc2)CC(c2ccccc2)O1. The van der Waals surface area contributed by atoms with Gasteiger partial charge in [0.1, 0.15) is 11.8 Å². The van der Waals surface area contributed by atoms with E-state index in [1.54, 1.807) is 12.5 Å². The second kappa shape index (κ2) is 7.14. The summed E-state index contributed by atoms with van der Waals surface area (Å²) in [5.41, 5.74) is 2.58. The minimum Gasteiger partial charge on any atom is -0.367 e. The average molecular weight is 347 g/mol. The van der Waals surface area contributed by atoms with E-state index in [9.17, 15) is 4.79 Å². The van der Waals surface area contributed by atoms with Crippen LogP contribution in [0.25, 0.3) is 5.69 Å². The molecule has 2 heterocycles. The van der Waals surface area contributed by atoms with Crippen LogP contribution in [-0.2, 0) is 4.74 Å². The molecule has 1 saturated heterocycles. The van der Waals surface area contributed by atoms with E-state index >= 15 is 0 Å². The number of carbonyl (C=O) groups excluding carboxylic acids is 1. The zero-order valence-corrected chi connectivity index (χ0v) is 14.7. The Labute approximate surface area is 152 Å². The molecule has 26 heavy (non-hydrogen) atoms. The van der Waals surface area contributed by atoms with E-state index in [1.807, 2.05) is 77.1 Å². The molecule has 1 aliphatic heterocycles. The predicted octanol–water partition coefficient (Wildman–Crippen LogP) is 3.47. The summed E-state index contributed by atoms with van der Waals surface area (Å²) in [5, 5.41) is 0. The van der Waals surface area contributed by atoms with Crippen LogP contribution in [0.5, 0.6) is 0 Å². The number of amides is 1. The van der Waals surface area contributed by atoms with E-state index in [2.05, 4.69) is 4.98 Å². The lowest BCUT2D eigenvalue weighted by Gasteiger charge is -2.37. The molecule has 0 N–H and O–H groups in total. The normalized spacial score (nSPS) is 20.1. The summed E-state index contributed by atoms with van der Waals surface area (Å²) < 4.78 is 7.90. The largest absolute Gasteiger partial charge is 0.367 e. The molecule has 1 amide bonds. The van der Waals surface area contributed by atoms with Gasteiger partial charge in [-0.05, 0) is 24.6 Å². The number of nitrogens with zero attached hydrogens (tertiary/aromatic N) is 3. The van der Waals surface area contributed by atoms with Crippen molar-refractivity contribution in [3.63, 3.8) is 0 Å². The van der Waals surface area contributed by atoms with Gasteiger partial charge in [-0.3, -0.25) is 9.36 Å². The summed E-state index contributed by atoms with van der Waals surface area (Å²) in [6, 6.07) is 19.8. The van der Waals surface area contributed by atoms with Gasteiger partial charge in [-0.15, -0.1) is 0 Å². The van der Waals surface area contributed by atoms with Crippen LogP contribution in [0.2, 0.25) is 0 Å². The Balaban J connectivity index is 1.60. The van der Waals surface area contributed by atoms with Crippen LogP contribution in [0.1, 0.15) is 29.1 Å². The van der Waals surface area contributed by atoms with Crippen LogP contribution in [0.15, 0.2) is 73.2 Å². The zero-order chi connectivity index (χ0) is 17.9. The van der Waals surface area contributed by atoms with Crippen molar-refractivity contribution in [2.75, 3.05) is 13.1 Å². The standard InChI is InChI=1S/C21H21N3O2/c1-16-13-23(14-20(26-16)17-8-4-2-5-9-17)21(25)19-12-22-15-24(19)18-10-6-3-7-11-18/h2-12,15-16,20H,13-14H2,1H3. The molecule has 0 spiro atoms. The second-order valence-electron chi connectivity index (χ2n) is 6.54. The highest BCUT2D eigenvalue weighted by Crippen LogP contribution is 2.26. The number of rotatable bonds is 3. The Morgan fingerprint density at radius 1 is 1.04 bits per heavy atom. The number of hydrogen-bond donors (Lipinski definition) is 0. The Kier molecular flexibility index (Phi) is 4.54. The monoisotopic (exact) mass is 347 g/mol. The van der Waals surface area contributed by atoms with Gasteiger partial charge in [-0.2, -0.15) is 0 Å². The van der Waals surface area contributed by atoms with Crippen LogP contribution in [0.3, 0.4) is 0 Å². The van der Waals surface area contributed by atoms with Gasteiger partial charge in [-0.1, -0.05) is 48.5 Å². The molecule has 1 fully saturated rings. The first-order valence-electron chi connectivity index (χ1n) is 8.80. The highest BCUT2D eigenvalue weighted by molar-refractivity contribution is 5.93. The molecule has 5 heteroatoms. The van der Waals surface area contributed by atoms with Crippen LogP contribution >= 0.6 is 0 Å². The molecule has 2 unspecified atom stereocenters. The molecule has 132 valence electrons. The summed E-state index contributed by atoms with van der Waals surface area (Å²) in [6.07, 6.45) is 3.18. The summed E-state index contributed by atoms with van der Waals surface area (Å²) in [6.45, 7) is 3.11. The predicted molar refractivity (Wildman–Crippen MR) is 99.2 cm³/mol. The molecule has 2 aromatic carbocycles. The van der Waals surface area contributed by atoms with Crippen molar-refractivity contribution in [3.8, 4) is 5.69 Å². The van der Waals surface area contributed by atoms with Gasteiger partial charge in [0, 0.05) is 12.2 Å². The molecular weight excluding hydrogens is 326 g/mol. The molecule has 1 aliphatic rings. The number of hydrogen-bond acceptors (Lipinski definition) is 3. The van der Waals surface area contributed by atoms with Gasteiger partial charge in [0.15, 0.2) is 0 Å². The number of morpholine rings is 1. The van der Waals surface area contributed by atoms with Crippen LogP contribution in [-0.4, -0.2) is 39.6 Å². The molecule has 3 aromatic rings. The number of para-hydroxylation sites is 1. The highest BCUT2D eigenvalue weighted by Gasteiger charge is 2.31. The average Bonchev–Trinajstić information content (AvgIpc) is 3.18. The minimum atomic E-state index is -0.114. The molecule has 0 aliphatic carbocycles. The van der Waals surface area contributed by atoms with Crippen molar-refractivity contribution in [3.05, 3.63) is 84.4 Å². The third-order valence-corrected chi connectivity index (χ3v) is 4.61. The van der Waals surface area contributed by atoms with Gasteiger partial charge in [-0.25, -0.2) is 4.98 Å². The Morgan fingerprint density at radius 3 is 2.46 bits per heavy atom. The van der Waals surface area contributed by atoms with Crippen LogP contribution < -0.4 is 0 Å². The smallest absolute Gasteiger partial charge is 0.272 e. The van der Waals surface area contributed by atoms with Crippen LogP contribution in [0, 0.1) is 0 Å². The molecule has 0 saturated carbocycles. The van der Waals surface area contributed by atoms with Crippen LogP contribution in [0.4, 0.5) is 0 Å². The lowest BCUT2D eigenvalue weighted by molar-refractivity contribution is -0.0693.